The van der Waals surface area contributed by atoms with E-state index in [1.165, 1.54) is 0 Å². The molecule has 25 heavy (non-hydrogen) atoms. The number of hydrogen-bond acceptors (Lipinski definition) is 4. The summed E-state index contributed by atoms with van der Waals surface area (Å²) in [5.74, 6) is 2.17. The Balaban J connectivity index is 2.12. The average Bonchev–Trinajstić information content (AvgIpc) is 3.06. The van der Waals surface area contributed by atoms with Crippen LogP contribution in [0, 0.1) is 12.8 Å². The summed E-state index contributed by atoms with van der Waals surface area (Å²) in [6.45, 7) is 9.89. The molecule has 0 saturated heterocycles. The largest absolute Gasteiger partial charge is 0.360 e. The van der Waals surface area contributed by atoms with Crippen LogP contribution in [-0.2, 0) is 5.75 Å². The van der Waals surface area contributed by atoms with Crippen LogP contribution in [0.5, 0.6) is 0 Å². The van der Waals surface area contributed by atoms with E-state index in [1.54, 1.807) is 11.8 Å². The summed E-state index contributed by atoms with van der Waals surface area (Å²) < 4.78 is 5.27. The van der Waals surface area contributed by atoms with Gasteiger partial charge in [0.05, 0.1) is 17.0 Å². The highest BCUT2D eigenvalue weighted by Gasteiger charge is 2.20. The molecular formula is C20H28N2O2S. The van der Waals surface area contributed by atoms with E-state index in [4.69, 9.17) is 4.52 Å². The molecule has 0 aliphatic carbocycles. The second-order valence-electron chi connectivity index (χ2n) is 6.25. The molecule has 0 aliphatic rings. The van der Waals surface area contributed by atoms with Crippen LogP contribution < -0.4 is 0 Å². The van der Waals surface area contributed by atoms with E-state index in [1.807, 2.05) is 49.1 Å². The minimum atomic E-state index is 0.117. The summed E-state index contributed by atoms with van der Waals surface area (Å²) >= 11 is 1.62. The third-order valence-corrected chi connectivity index (χ3v) is 5.56. The Morgan fingerprint density at radius 3 is 2.56 bits per heavy atom. The lowest BCUT2D eigenvalue weighted by Crippen LogP contribution is -2.35. The topological polar surface area (TPSA) is 46.3 Å². The highest BCUT2D eigenvalue weighted by molar-refractivity contribution is 7.98. The molecule has 136 valence electrons. The van der Waals surface area contributed by atoms with Crippen LogP contribution >= 0.6 is 11.8 Å². The van der Waals surface area contributed by atoms with E-state index >= 15 is 0 Å². The van der Waals surface area contributed by atoms with Crippen molar-refractivity contribution in [2.45, 2.75) is 51.2 Å². The van der Waals surface area contributed by atoms with Gasteiger partial charge in [-0.3, -0.25) is 4.79 Å². The number of benzene rings is 1. The number of amides is 1. The van der Waals surface area contributed by atoms with E-state index in [9.17, 15) is 4.79 Å². The summed E-state index contributed by atoms with van der Waals surface area (Å²) in [5.41, 5.74) is 1.65. The maximum absolute atomic E-state index is 13.1. The summed E-state index contributed by atoms with van der Waals surface area (Å²) in [6, 6.07) is 9.77. The second-order valence-corrected chi connectivity index (χ2v) is 7.26. The fraction of sp³-hybridized carbons (Fsp3) is 0.500. The van der Waals surface area contributed by atoms with Crippen molar-refractivity contribution in [2.75, 3.05) is 13.1 Å². The third-order valence-electron chi connectivity index (χ3n) is 4.47. The molecule has 0 bridgehead atoms. The molecule has 1 heterocycles. The monoisotopic (exact) mass is 360 g/mol. The maximum Gasteiger partial charge on any atom is 0.254 e. The molecule has 1 aromatic carbocycles. The highest BCUT2D eigenvalue weighted by Crippen LogP contribution is 2.28. The SMILES string of the molecule is CCC(CC)CN(CC)C(=O)c1ccccc1SCc1cc(C)no1. The number of aromatic nitrogens is 1. The van der Waals surface area contributed by atoms with Crippen molar-refractivity contribution in [3.63, 3.8) is 0 Å². The normalized spacial score (nSPS) is 11.1. The first-order chi connectivity index (χ1) is 12.1. The molecule has 2 aromatic rings. The van der Waals surface area contributed by atoms with Gasteiger partial charge in [0.15, 0.2) is 0 Å². The summed E-state index contributed by atoms with van der Waals surface area (Å²) in [5, 5.41) is 3.92. The van der Waals surface area contributed by atoms with E-state index in [-0.39, 0.29) is 5.91 Å². The Labute approximate surface area is 155 Å². The zero-order valence-electron chi connectivity index (χ0n) is 15.6. The molecule has 0 radical (unpaired) electrons. The van der Waals surface area contributed by atoms with Crippen molar-refractivity contribution in [3.05, 3.63) is 47.3 Å². The van der Waals surface area contributed by atoms with Crippen molar-refractivity contribution in [2.24, 2.45) is 5.92 Å². The van der Waals surface area contributed by atoms with Crippen LogP contribution in [-0.4, -0.2) is 29.1 Å². The fourth-order valence-electron chi connectivity index (χ4n) is 2.79. The Morgan fingerprint density at radius 1 is 1.24 bits per heavy atom. The van der Waals surface area contributed by atoms with Gasteiger partial charge in [0, 0.05) is 24.1 Å². The molecule has 0 unspecified atom stereocenters. The molecule has 0 N–H and O–H groups in total. The van der Waals surface area contributed by atoms with Gasteiger partial charge in [-0.05, 0) is 31.9 Å². The molecule has 0 fully saturated rings. The van der Waals surface area contributed by atoms with Crippen LogP contribution in [0.1, 0.15) is 55.4 Å². The minimum Gasteiger partial charge on any atom is -0.360 e. The predicted octanol–water partition coefficient (Wildman–Crippen LogP) is 5.17. The van der Waals surface area contributed by atoms with E-state index < -0.39 is 0 Å². The van der Waals surface area contributed by atoms with Gasteiger partial charge in [-0.15, -0.1) is 11.8 Å². The lowest BCUT2D eigenvalue weighted by atomic mass is 10.0. The minimum absolute atomic E-state index is 0.117. The van der Waals surface area contributed by atoms with Crippen molar-refractivity contribution in [1.29, 1.82) is 0 Å². The number of nitrogens with zero attached hydrogens (tertiary/aromatic N) is 2. The van der Waals surface area contributed by atoms with Gasteiger partial charge in [-0.2, -0.15) is 0 Å². The van der Waals surface area contributed by atoms with Crippen molar-refractivity contribution >= 4 is 17.7 Å². The fourth-order valence-corrected chi connectivity index (χ4v) is 3.71. The number of aryl methyl sites for hydroxylation is 1. The first-order valence-electron chi connectivity index (χ1n) is 9.02. The van der Waals surface area contributed by atoms with Gasteiger partial charge in [0.2, 0.25) is 0 Å². The molecule has 5 heteroatoms. The number of carbonyl (C=O) groups is 1. The van der Waals surface area contributed by atoms with Crippen molar-refractivity contribution < 1.29 is 9.32 Å². The van der Waals surface area contributed by atoms with Gasteiger partial charge in [-0.1, -0.05) is 44.0 Å². The number of hydrogen-bond donors (Lipinski definition) is 0. The van der Waals surface area contributed by atoms with Crippen molar-refractivity contribution in [3.8, 4) is 0 Å². The molecular weight excluding hydrogens is 332 g/mol. The lowest BCUT2D eigenvalue weighted by molar-refractivity contribution is 0.0731. The van der Waals surface area contributed by atoms with Crippen LogP contribution in [0.15, 0.2) is 39.8 Å². The molecule has 1 amide bonds. The zero-order valence-corrected chi connectivity index (χ0v) is 16.4. The van der Waals surface area contributed by atoms with Gasteiger partial charge in [0.1, 0.15) is 5.76 Å². The van der Waals surface area contributed by atoms with E-state index in [2.05, 4.69) is 19.0 Å². The van der Waals surface area contributed by atoms with Gasteiger partial charge in [-0.25, -0.2) is 0 Å². The van der Waals surface area contributed by atoms with E-state index in [0.29, 0.717) is 11.7 Å². The van der Waals surface area contributed by atoms with Gasteiger partial charge in [0.25, 0.3) is 5.91 Å². The van der Waals surface area contributed by atoms with E-state index in [0.717, 1.165) is 47.8 Å². The molecule has 0 saturated carbocycles. The average molecular weight is 361 g/mol. The third kappa shape index (κ3) is 5.36. The molecule has 0 atom stereocenters. The Hall–Kier alpha value is -1.75. The number of rotatable bonds is 9. The second kappa shape index (κ2) is 9.66. The summed E-state index contributed by atoms with van der Waals surface area (Å²) in [6.07, 6.45) is 2.20. The Bertz CT molecular complexity index is 680. The summed E-state index contributed by atoms with van der Waals surface area (Å²) in [4.78, 5) is 16.0. The predicted molar refractivity (Wildman–Crippen MR) is 103 cm³/mol. The zero-order chi connectivity index (χ0) is 18.2. The van der Waals surface area contributed by atoms with Gasteiger partial charge < -0.3 is 9.42 Å². The summed E-state index contributed by atoms with van der Waals surface area (Å²) in [7, 11) is 0. The van der Waals surface area contributed by atoms with Crippen LogP contribution in [0.3, 0.4) is 0 Å². The van der Waals surface area contributed by atoms with Crippen LogP contribution in [0.2, 0.25) is 0 Å². The van der Waals surface area contributed by atoms with Crippen LogP contribution in [0.4, 0.5) is 0 Å². The van der Waals surface area contributed by atoms with Gasteiger partial charge >= 0.3 is 0 Å². The molecule has 2 rings (SSSR count). The quantitative estimate of drug-likeness (QED) is 0.579. The van der Waals surface area contributed by atoms with Crippen LogP contribution in [0.25, 0.3) is 0 Å². The van der Waals surface area contributed by atoms with Crippen molar-refractivity contribution in [1.82, 2.24) is 10.1 Å². The number of thioether (sulfide) groups is 1. The first-order valence-corrected chi connectivity index (χ1v) is 10.0. The molecule has 1 aromatic heterocycles. The molecule has 0 spiro atoms. The molecule has 0 aliphatic heterocycles. The first kappa shape index (κ1) is 19.6. The highest BCUT2D eigenvalue weighted by atomic mass is 32.2. The number of carbonyl (C=O) groups excluding carboxylic acids is 1. The molecule has 4 nitrogen and oxygen atoms in total. The lowest BCUT2D eigenvalue weighted by Gasteiger charge is -2.26. The smallest absolute Gasteiger partial charge is 0.254 e. The Morgan fingerprint density at radius 2 is 1.96 bits per heavy atom. The Kier molecular flexibility index (Phi) is 7.56. The maximum atomic E-state index is 13.1. The standard InChI is InChI=1S/C20H28N2O2S/c1-5-16(6-2)13-22(7-3)20(23)18-10-8-9-11-19(18)25-14-17-12-15(4)21-24-17/h8-12,16H,5-7,13-14H2,1-4H3.